The minimum Gasteiger partial charge on any atom is -0.381 e. The molecule has 2 fully saturated rings. The first-order chi connectivity index (χ1) is 12.6. The van der Waals surface area contributed by atoms with Crippen LogP contribution in [0.1, 0.15) is 72.3 Å². The Labute approximate surface area is 164 Å². The largest absolute Gasteiger partial charge is 0.381 e. The highest BCUT2D eigenvalue weighted by Crippen LogP contribution is 2.29. The summed E-state index contributed by atoms with van der Waals surface area (Å²) in [5, 5.41) is 0. The first-order valence-electron chi connectivity index (χ1n) is 10.5. The number of hydrogen-bond donors (Lipinski definition) is 0. The van der Waals surface area contributed by atoms with Crippen LogP contribution in [0.2, 0.25) is 0 Å². The molecule has 0 aliphatic carbocycles. The Morgan fingerprint density at radius 2 is 1.74 bits per heavy atom. The normalized spacial score (nSPS) is 22.4. The summed E-state index contributed by atoms with van der Waals surface area (Å²) >= 11 is 0. The molecule has 5 heteroatoms. The lowest BCUT2D eigenvalue weighted by molar-refractivity contribution is 0.0131. The first-order valence-corrected chi connectivity index (χ1v) is 10.5. The highest BCUT2D eigenvalue weighted by molar-refractivity contribution is 5.42. The predicted molar refractivity (Wildman–Crippen MR) is 110 cm³/mol. The SMILES string of the molecule is CC(C)(C)c1cc(N2CCC(OCC3CCOC3)CC2)nc(C(C)(C)C)n1. The first kappa shape index (κ1) is 20.5. The zero-order chi connectivity index (χ0) is 19.7. The van der Waals surface area contributed by atoms with Gasteiger partial charge >= 0.3 is 0 Å². The fourth-order valence-corrected chi connectivity index (χ4v) is 3.55. The van der Waals surface area contributed by atoms with E-state index in [2.05, 4.69) is 52.5 Å². The standard InChI is InChI=1S/C22H37N3O2/c1-21(2,3)18-13-19(24-20(23-18)22(4,5)6)25-10-7-17(8-11-25)27-15-16-9-12-26-14-16/h13,16-17H,7-12,14-15H2,1-6H3. The molecule has 0 aromatic carbocycles. The van der Waals surface area contributed by atoms with Crippen LogP contribution in [0.3, 0.4) is 0 Å². The second-order valence-electron chi connectivity index (χ2n) is 10.2. The van der Waals surface area contributed by atoms with Crippen molar-refractivity contribution in [1.82, 2.24) is 9.97 Å². The van der Waals surface area contributed by atoms with Crippen molar-refractivity contribution in [3.63, 3.8) is 0 Å². The molecule has 0 bridgehead atoms. The molecule has 1 aromatic heterocycles. The van der Waals surface area contributed by atoms with Crippen molar-refractivity contribution in [2.45, 2.75) is 77.7 Å². The number of ether oxygens (including phenoxy) is 2. The van der Waals surface area contributed by atoms with E-state index in [0.29, 0.717) is 12.0 Å². The van der Waals surface area contributed by atoms with E-state index in [9.17, 15) is 0 Å². The van der Waals surface area contributed by atoms with Gasteiger partial charge in [-0.25, -0.2) is 9.97 Å². The van der Waals surface area contributed by atoms with Crippen LogP contribution in [0.25, 0.3) is 0 Å². The van der Waals surface area contributed by atoms with Crippen LogP contribution in [0.4, 0.5) is 5.82 Å². The Hall–Kier alpha value is -1.20. The number of piperidine rings is 1. The molecule has 0 amide bonds. The smallest absolute Gasteiger partial charge is 0.136 e. The Morgan fingerprint density at radius 3 is 2.30 bits per heavy atom. The Balaban J connectivity index is 1.66. The van der Waals surface area contributed by atoms with Crippen molar-refractivity contribution in [3.8, 4) is 0 Å². The van der Waals surface area contributed by atoms with E-state index in [0.717, 1.165) is 69.5 Å². The third kappa shape index (κ3) is 5.41. The lowest BCUT2D eigenvalue weighted by Crippen LogP contribution is -2.38. The maximum Gasteiger partial charge on any atom is 0.136 e. The molecule has 3 rings (SSSR count). The van der Waals surface area contributed by atoms with Crippen LogP contribution >= 0.6 is 0 Å². The average Bonchev–Trinajstić information content (AvgIpc) is 3.12. The van der Waals surface area contributed by atoms with Gasteiger partial charge in [0.2, 0.25) is 0 Å². The van der Waals surface area contributed by atoms with Gasteiger partial charge in [-0.15, -0.1) is 0 Å². The summed E-state index contributed by atoms with van der Waals surface area (Å²) in [6, 6.07) is 2.19. The molecule has 2 aliphatic rings. The molecule has 1 aromatic rings. The van der Waals surface area contributed by atoms with Crippen molar-refractivity contribution in [2.75, 3.05) is 37.8 Å². The van der Waals surface area contributed by atoms with E-state index in [1.54, 1.807) is 0 Å². The summed E-state index contributed by atoms with van der Waals surface area (Å²) in [4.78, 5) is 12.2. The van der Waals surface area contributed by atoms with Crippen LogP contribution in [0.5, 0.6) is 0 Å². The summed E-state index contributed by atoms with van der Waals surface area (Å²) in [5.74, 6) is 2.60. The van der Waals surface area contributed by atoms with Gasteiger partial charge in [0.1, 0.15) is 11.6 Å². The average molecular weight is 376 g/mol. The van der Waals surface area contributed by atoms with E-state index in [1.165, 1.54) is 0 Å². The quantitative estimate of drug-likeness (QED) is 0.793. The number of rotatable bonds is 4. The molecule has 0 spiro atoms. The van der Waals surface area contributed by atoms with Gasteiger partial charge in [-0.2, -0.15) is 0 Å². The fourth-order valence-electron chi connectivity index (χ4n) is 3.55. The third-order valence-corrected chi connectivity index (χ3v) is 5.51. The second-order valence-corrected chi connectivity index (χ2v) is 10.2. The van der Waals surface area contributed by atoms with Gasteiger partial charge in [0.05, 0.1) is 25.0 Å². The maximum atomic E-state index is 6.17. The van der Waals surface area contributed by atoms with Gasteiger partial charge in [0.15, 0.2) is 0 Å². The van der Waals surface area contributed by atoms with Crippen molar-refractivity contribution < 1.29 is 9.47 Å². The third-order valence-electron chi connectivity index (χ3n) is 5.51. The van der Waals surface area contributed by atoms with Crippen molar-refractivity contribution in [1.29, 1.82) is 0 Å². The van der Waals surface area contributed by atoms with Crippen molar-refractivity contribution in [3.05, 3.63) is 17.6 Å². The molecular formula is C22H37N3O2. The van der Waals surface area contributed by atoms with E-state index in [-0.39, 0.29) is 10.8 Å². The predicted octanol–water partition coefficient (Wildman–Crippen LogP) is 4.09. The summed E-state index contributed by atoms with van der Waals surface area (Å²) in [5.41, 5.74) is 1.08. The molecule has 2 aliphatic heterocycles. The van der Waals surface area contributed by atoms with Crippen LogP contribution in [-0.4, -0.2) is 49.0 Å². The molecule has 1 atom stereocenters. The molecule has 27 heavy (non-hydrogen) atoms. The van der Waals surface area contributed by atoms with Crippen LogP contribution in [0.15, 0.2) is 6.07 Å². The Bertz CT molecular complexity index is 587. The van der Waals surface area contributed by atoms with Gasteiger partial charge in [0.25, 0.3) is 0 Å². The molecule has 152 valence electrons. The number of hydrogen-bond acceptors (Lipinski definition) is 5. The lowest BCUT2D eigenvalue weighted by Gasteiger charge is -2.34. The van der Waals surface area contributed by atoms with Gasteiger partial charge in [-0.1, -0.05) is 41.5 Å². The van der Waals surface area contributed by atoms with E-state index in [1.807, 2.05) is 0 Å². The highest BCUT2D eigenvalue weighted by atomic mass is 16.5. The zero-order valence-electron chi connectivity index (χ0n) is 18.0. The summed E-state index contributed by atoms with van der Waals surface area (Å²) < 4.78 is 11.6. The molecule has 2 saturated heterocycles. The number of anilines is 1. The van der Waals surface area contributed by atoms with E-state index >= 15 is 0 Å². The maximum absolute atomic E-state index is 6.17. The molecule has 3 heterocycles. The van der Waals surface area contributed by atoms with Crippen LogP contribution in [0, 0.1) is 5.92 Å². The van der Waals surface area contributed by atoms with E-state index in [4.69, 9.17) is 19.4 Å². The molecule has 0 N–H and O–H groups in total. The Kier molecular flexibility index (Phi) is 6.11. The molecule has 0 radical (unpaired) electrons. The van der Waals surface area contributed by atoms with Gasteiger partial charge < -0.3 is 14.4 Å². The molecule has 5 nitrogen and oxygen atoms in total. The van der Waals surface area contributed by atoms with Gasteiger partial charge in [0, 0.05) is 42.5 Å². The lowest BCUT2D eigenvalue weighted by atomic mass is 9.90. The van der Waals surface area contributed by atoms with Gasteiger partial charge in [-0.3, -0.25) is 0 Å². The molecule has 0 saturated carbocycles. The van der Waals surface area contributed by atoms with E-state index < -0.39 is 0 Å². The fraction of sp³-hybridized carbons (Fsp3) is 0.818. The van der Waals surface area contributed by atoms with Crippen LogP contribution in [-0.2, 0) is 20.3 Å². The monoisotopic (exact) mass is 375 g/mol. The van der Waals surface area contributed by atoms with Crippen molar-refractivity contribution in [2.24, 2.45) is 5.92 Å². The molecule has 1 unspecified atom stereocenters. The number of nitrogens with zero attached hydrogens (tertiary/aromatic N) is 3. The minimum absolute atomic E-state index is 0.0163. The summed E-state index contributed by atoms with van der Waals surface area (Å²) in [6.45, 7) is 17.8. The Morgan fingerprint density at radius 1 is 1.04 bits per heavy atom. The van der Waals surface area contributed by atoms with Gasteiger partial charge in [-0.05, 0) is 19.3 Å². The highest BCUT2D eigenvalue weighted by Gasteiger charge is 2.27. The number of aromatic nitrogens is 2. The summed E-state index contributed by atoms with van der Waals surface area (Å²) in [7, 11) is 0. The molecular weight excluding hydrogens is 338 g/mol. The topological polar surface area (TPSA) is 47.5 Å². The van der Waals surface area contributed by atoms with Crippen LogP contribution < -0.4 is 4.90 Å². The zero-order valence-corrected chi connectivity index (χ0v) is 18.0. The minimum atomic E-state index is -0.0548. The summed E-state index contributed by atoms with van der Waals surface area (Å²) in [6.07, 6.45) is 3.64. The second kappa shape index (κ2) is 8.04. The van der Waals surface area contributed by atoms with Crippen molar-refractivity contribution >= 4 is 5.82 Å².